The number of amides is 1. The minimum absolute atomic E-state index is 0.228. The van der Waals surface area contributed by atoms with Gasteiger partial charge in [0.15, 0.2) is 0 Å². The lowest BCUT2D eigenvalue weighted by molar-refractivity contribution is 0.0176. The highest BCUT2D eigenvalue weighted by Crippen LogP contribution is 2.14. The fourth-order valence-electron chi connectivity index (χ4n) is 2.67. The van der Waals surface area contributed by atoms with E-state index in [0.29, 0.717) is 16.7 Å². The SMILES string of the molecule is CC(Nc1ccc(C(=O)Nc2nncs2)cn1)C(C)N1CCOCC1. The first-order chi connectivity index (χ1) is 12.1. The molecule has 1 saturated heterocycles. The Morgan fingerprint density at radius 2 is 2.12 bits per heavy atom. The number of carbonyl (C=O) groups excluding carboxylic acids is 1. The lowest BCUT2D eigenvalue weighted by Gasteiger charge is -2.36. The third kappa shape index (κ3) is 4.71. The van der Waals surface area contributed by atoms with Crippen LogP contribution in [0.1, 0.15) is 24.2 Å². The minimum atomic E-state index is -0.245. The Bertz CT molecular complexity index is 672. The number of morpholine rings is 1. The molecule has 2 aromatic rings. The first-order valence-corrected chi connectivity index (χ1v) is 9.13. The van der Waals surface area contributed by atoms with E-state index in [-0.39, 0.29) is 11.9 Å². The van der Waals surface area contributed by atoms with E-state index in [9.17, 15) is 4.79 Å². The second kappa shape index (κ2) is 8.32. The molecule has 3 heterocycles. The average Bonchev–Trinajstić information content (AvgIpc) is 3.15. The Morgan fingerprint density at radius 3 is 2.76 bits per heavy atom. The number of aromatic nitrogens is 3. The molecule has 8 nitrogen and oxygen atoms in total. The standard InChI is InChI=1S/C16H22N6O2S/c1-11(12(2)22-5-7-24-8-6-22)19-14-4-3-13(9-17-14)15(23)20-16-21-18-10-25-16/h3-4,9-12H,5-8H2,1-2H3,(H,17,19)(H,20,21,23). The molecule has 0 aliphatic carbocycles. The number of pyridine rings is 1. The zero-order valence-corrected chi connectivity index (χ0v) is 15.1. The summed E-state index contributed by atoms with van der Waals surface area (Å²) in [4.78, 5) is 18.9. The van der Waals surface area contributed by atoms with Crippen LogP contribution in [0, 0.1) is 0 Å². The average molecular weight is 362 g/mol. The highest BCUT2D eigenvalue weighted by atomic mass is 32.1. The lowest BCUT2D eigenvalue weighted by Crippen LogP contribution is -2.48. The van der Waals surface area contributed by atoms with Gasteiger partial charge in [0.1, 0.15) is 11.3 Å². The van der Waals surface area contributed by atoms with E-state index < -0.39 is 0 Å². The van der Waals surface area contributed by atoms with E-state index in [0.717, 1.165) is 32.1 Å². The van der Waals surface area contributed by atoms with Crippen molar-refractivity contribution in [2.24, 2.45) is 0 Å². The first kappa shape index (κ1) is 17.7. The molecule has 2 unspecified atom stereocenters. The molecule has 1 aliphatic heterocycles. The number of nitrogens with one attached hydrogen (secondary N) is 2. The number of carbonyl (C=O) groups is 1. The maximum absolute atomic E-state index is 12.1. The van der Waals surface area contributed by atoms with Gasteiger partial charge in [-0.05, 0) is 26.0 Å². The lowest BCUT2D eigenvalue weighted by atomic mass is 10.1. The normalized spacial score (nSPS) is 17.7. The molecular formula is C16H22N6O2S. The van der Waals surface area contributed by atoms with E-state index in [1.165, 1.54) is 11.3 Å². The van der Waals surface area contributed by atoms with Gasteiger partial charge in [-0.1, -0.05) is 11.3 Å². The van der Waals surface area contributed by atoms with Gasteiger partial charge in [-0.2, -0.15) is 0 Å². The Morgan fingerprint density at radius 1 is 1.32 bits per heavy atom. The van der Waals surface area contributed by atoms with Crippen molar-refractivity contribution in [1.29, 1.82) is 0 Å². The van der Waals surface area contributed by atoms with Crippen LogP contribution in [0.4, 0.5) is 10.9 Å². The molecule has 0 spiro atoms. The van der Waals surface area contributed by atoms with Crippen molar-refractivity contribution in [3.05, 3.63) is 29.4 Å². The van der Waals surface area contributed by atoms with E-state index in [2.05, 4.69) is 44.6 Å². The van der Waals surface area contributed by atoms with Gasteiger partial charge in [-0.25, -0.2) is 4.98 Å². The maximum atomic E-state index is 12.1. The molecule has 0 aromatic carbocycles. The molecule has 0 bridgehead atoms. The highest BCUT2D eigenvalue weighted by Gasteiger charge is 2.22. The number of rotatable bonds is 6. The number of anilines is 2. The second-order valence-electron chi connectivity index (χ2n) is 5.95. The molecule has 2 aromatic heterocycles. The van der Waals surface area contributed by atoms with Gasteiger partial charge >= 0.3 is 0 Å². The third-order valence-corrected chi connectivity index (χ3v) is 4.93. The molecule has 1 amide bonds. The van der Waals surface area contributed by atoms with E-state index in [1.807, 2.05) is 6.07 Å². The Hall–Kier alpha value is -2.10. The summed E-state index contributed by atoms with van der Waals surface area (Å²) in [5.74, 6) is 0.505. The Labute approximate surface area is 150 Å². The molecule has 2 N–H and O–H groups in total. The van der Waals surface area contributed by atoms with Gasteiger partial charge in [0.2, 0.25) is 5.13 Å². The molecular weight excluding hydrogens is 340 g/mol. The van der Waals surface area contributed by atoms with Gasteiger partial charge < -0.3 is 10.1 Å². The van der Waals surface area contributed by atoms with E-state index in [4.69, 9.17) is 4.74 Å². The van der Waals surface area contributed by atoms with Crippen molar-refractivity contribution in [3.63, 3.8) is 0 Å². The van der Waals surface area contributed by atoms with Gasteiger partial charge in [0, 0.05) is 31.4 Å². The minimum Gasteiger partial charge on any atom is -0.379 e. The third-order valence-electron chi connectivity index (χ3n) is 4.33. The van der Waals surface area contributed by atoms with Crippen molar-refractivity contribution in [2.45, 2.75) is 25.9 Å². The highest BCUT2D eigenvalue weighted by molar-refractivity contribution is 7.13. The predicted molar refractivity (Wildman–Crippen MR) is 97.0 cm³/mol. The summed E-state index contributed by atoms with van der Waals surface area (Å²) in [6, 6.07) is 4.16. The summed E-state index contributed by atoms with van der Waals surface area (Å²) >= 11 is 1.27. The summed E-state index contributed by atoms with van der Waals surface area (Å²) in [6.07, 6.45) is 1.56. The maximum Gasteiger partial charge on any atom is 0.259 e. The second-order valence-corrected chi connectivity index (χ2v) is 6.79. The van der Waals surface area contributed by atoms with Crippen molar-refractivity contribution >= 4 is 28.2 Å². The van der Waals surface area contributed by atoms with Crippen molar-refractivity contribution < 1.29 is 9.53 Å². The number of hydrogen-bond donors (Lipinski definition) is 2. The van der Waals surface area contributed by atoms with Crippen LogP contribution in [0.25, 0.3) is 0 Å². The molecule has 9 heteroatoms. The van der Waals surface area contributed by atoms with Gasteiger partial charge in [0.05, 0.1) is 18.8 Å². The summed E-state index contributed by atoms with van der Waals surface area (Å²) in [5, 5.41) is 14.0. The summed E-state index contributed by atoms with van der Waals surface area (Å²) in [6.45, 7) is 7.81. The predicted octanol–water partition coefficient (Wildman–Crippen LogP) is 1.71. The zero-order valence-electron chi connectivity index (χ0n) is 14.3. The molecule has 25 heavy (non-hydrogen) atoms. The molecule has 3 rings (SSSR count). The first-order valence-electron chi connectivity index (χ1n) is 8.25. The van der Waals surface area contributed by atoms with Crippen LogP contribution in [-0.2, 0) is 4.74 Å². The fourth-order valence-corrected chi connectivity index (χ4v) is 3.11. The number of ether oxygens (including phenoxy) is 1. The van der Waals surface area contributed by atoms with Crippen molar-refractivity contribution in [2.75, 3.05) is 36.9 Å². The van der Waals surface area contributed by atoms with Crippen LogP contribution >= 0.6 is 11.3 Å². The molecule has 0 radical (unpaired) electrons. The quantitative estimate of drug-likeness (QED) is 0.808. The Kier molecular flexibility index (Phi) is 5.90. The number of nitrogens with zero attached hydrogens (tertiary/aromatic N) is 4. The molecule has 1 fully saturated rings. The summed E-state index contributed by atoms with van der Waals surface area (Å²) in [5.41, 5.74) is 2.05. The van der Waals surface area contributed by atoms with Crippen LogP contribution in [0.15, 0.2) is 23.8 Å². The van der Waals surface area contributed by atoms with Crippen LogP contribution in [0.5, 0.6) is 0 Å². The number of hydrogen-bond acceptors (Lipinski definition) is 8. The van der Waals surface area contributed by atoms with Crippen LogP contribution in [-0.4, -0.2) is 64.4 Å². The van der Waals surface area contributed by atoms with Gasteiger partial charge in [0.25, 0.3) is 5.91 Å². The molecule has 1 aliphatic rings. The molecule has 2 atom stereocenters. The van der Waals surface area contributed by atoms with Gasteiger partial charge in [-0.3, -0.25) is 15.0 Å². The largest absolute Gasteiger partial charge is 0.379 e. The smallest absolute Gasteiger partial charge is 0.259 e. The van der Waals surface area contributed by atoms with Crippen LogP contribution < -0.4 is 10.6 Å². The van der Waals surface area contributed by atoms with Crippen molar-refractivity contribution in [3.8, 4) is 0 Å². The fraction of sp³-hybridized carbons (Fsp3) is 0.500. The summed E-state index contributed by atoms with van der Waals surface area (Å²) in [7, 11) is 0. The molecule has 134 valence electrons. The molecule has 0 saturated carbocycles. The zero-order chi connectivity index (χ0) is 17.6. The van der Waals surface area contributed by atoms with Crippen molar-refractivity contribution in [1.82, 2.24) is 20.1 Å². The van der Waals surface area contributed by atoms with E-state index >= 15 is 0 Å². The van der Waals surface area contributed by atoms with Crippen LogP contribution in [0.2, 0.25) is 0 Å². The van der Waals surface area contributed by atoms with Gasteiger partial charge in [-0.15, -0.1) is 10.2 Å². The van der Waals surface area contributed by atoms with Crippen LogP contribution in [0.3, 0.4) is 0 Å². The monoisotopic (exact) mass is 362 g/mol. The van der Waals surface area contributed by atoms with E-state index in [1.54, 1.807) is 17.8 Å². The topological polar surface area (TPSA) is 92.3 Å². The summed E-state index contributed by atoms with van der Waals surface area (Å²) < 4.78 is 5.40. The Balaban J connectivity index is 1.55.